The van der Waals surface area contributed by atoms with Crippen LogP contribution in [0.5, 0.6) is 5.75 Å². The number of rotatable bonds is 7. The maximum absolute atomic E-state index is 12.5. The van der Waals surface area contributed by atoms with Gasteiger partial charge >= 0.3 is 0 Å². The summed E-state index contributed by atoms with van der Waals surface area (Å²) in [6.07, 6.45) is 0.909. The highest BCUT2D eigenvalue weighted by molar-refractivity contribution is 7.89. The first-order chi connectivity index (χ1) is 13.4. The van der Waals surface area contributed by atoms with E-state index in [4.69, 9.17) is 4.74 Å². The van der Waals surface area contributed by atoms with Crippen molar-refractivity contribution in [1.82, 2.24) is 4.31 Å². The second kappa shape index (κ2) is 8.97. The number of ether oxygens (including phenoxy) is 1. The van der Waals surface area contributed by atoms with Crippen molar-refractivity contribution in [3.05, 3.63) is 53.6 Å². The van der Waals surface area contributed by atoms with Crippen LogP contribution in [0.4, 0.5) is 5.69 Å². The number of methoxy groups -OCH3 is 1. The monoisotopic (exact) mass is 418 g/mol. The Balaban J connectivity index is 2.07. The molecule has 0 bridgehead atoms. The van der Waals surface area contributed by atoms with E-state index in [1.807, 2.05) is 12.1 Å². The Morgan fingerprint density at radius 1 is 1.07 bits per heavy atom. The molecule has 0 unspecified atom stereocenters. The first kappa shape index (κ1) is 22.9. The molecular formula is C22H30N2O4S. The summed E-state index contributed by atoms with van der Waals surface area (Å²) in [4.78, 5) is 12.4. The zero-order chi connectivity index (χ0) is 21.8. The molecular weight excluding hydrogens is 388 g/mol. The molecule has 0 saturated heterocycles. The summed E-state index contributed by atoms with van der Waals surface area (Å²) >= 11 is 0. The number of anilines is 1. The van der Waals surface area contributed by atoms with E-state index in [0.717, 1.165) is 9.87 Å². The molecule has 0 aliphatic rings. The molecule has 29 heavy (non-hydrogen) atoms. The van der Waals surface area contributed by atoms with Crippen molar-refractivity contribution in [2.75, 3.05) is 26.5 Å². The van der Waals surface area contributed by atoms with E-state index in [-0.39, 0.29) is 22.0 Å². The number of carbonyl (C=O) groups is 1. The quantitative estimate of drug-likeness (QED) is 0.742. The maximum atomic E-state index is 12.5. The molecule has 2 rings (SSSR count). The minimum absolute atomic E-state index is 0.0144. The standard InChI is InChI=1S/C22H30N2O4S/c1-22(2,3)17-10-7-16(8-11-17)9-14-21(25)23-18-12-13-19(28-6)20(15-18)29(26,27)24(4)5/h7-8,10-13,15H,9,14H2,1-6H3,(H,23,25). The summed E-state index contributed by atoms with van der Waals surface area (Å²) in [5.74, 6) is 0.0545. The zero-order valence-corrected chi connectivity index (χ0v) is 18.8. The highest BCUT2D eigenvalue weighted by atomic mass is 32.2. The highest BCUT2D eigenvalue weighted by Gasteiger charge is 2.23. The van der Waals surface area contributed by atoms with Gasteiger partial charge in [-0.3, -0.25) is 4.79 Å². The van der Waals surface area contributed by atoms with Gasteiger partial charge < -0.3 is 10.1 Å². The Morgan fingerprint density at radius 3 is 2.21 bits per heavy atom. The zero-order valence-electron chi connectivity index (χ0n) is 17.9. The number of benzene rings is 2. The summed E-state index contributed by atoms with van der Waals surface area (Å²) in [6, 6.07) is 12.9. The van der Waals surface area contributed by atoms with E-state index in [2.05, 4.69) is 38.2 Å². The lowest BCUT2D eigenvalue weighted by Gasteiger charge is -2.19. The molecule has 0 saturated carbocycles. The van der Waals surface area contributed by atoms with Gasteiger partial charge in [0, 0.05) is 26.2 Å². The Morgan fingerprint density at radius 2 is 1.69 bits per heavy atom. The van der Waals surface area contributed by atoms with Crippen LogP contribution in [0.25, 0.3) is 0 Å². The van der Waals surface area contributed by atoms with Gasteiger partial charge in [0.05, 0.1) is 7.11 Å². The molecule has 0 aromatic heterocycles. The lowest BCUT2D eigenvalue weighted by molar-refractivity contribution is -0.116. The van der Waals surface area contributed by atoms with Crippen molar-refractivity contribution < 1.29 is 17.9 Å². The van der Waals surface area contributed by atoms with Crippen molar-refractivity contribution in [2.24, 2.45) is 0 Å². The SMILES string of the molecule is COc1ccc(NC(=O)CCc2ccc(C(C)(C)C)cc2)cc1S(=O)(=O)N(C)C. The largest absolute Gasteiger partial charge is 0.495 e. The van der Waals surface area contributed by atoms with Crippen LogP contribution in [0, 0.1) is 0 Å². The van der Waals surface area contributed by atoms with Crippen LogP contribution in [-0.4, -0.2) is 39.8 Å². The first-order valence-electron chi connectivity index (χ1n) is 9.45. The van der Waals surface area contributed by atoms with Crippen molar-refractivity contribution in [3.8, 4) is 5.75 Å². The lowest BCUT2D eigenvalue weighted by Crippen LogP contribution is -2.23. The van der Waals surface area contributed by atoms with Crippen LogP contribution in [0.2, 0.25) is 0 Å². The number of nitrogens with one attached hydrogen (secondary N) is 1. The smallest absolute Gasteiger partial charge is 0.246 e. The van der Waals surface area contributed by atoms with Gasteiger partial charge in [0.25, 0.3) is 0 Å². The first-order valence-corrected chi connectivity index (χ1v) is 10.9. The van der Waals surface area contributed by atoms with Gasteiger partial charge in [-0.25, -0.2) is 12.7 Å². The van der Waals surface area contributed by atoms with Gasteiger partial charge in [-0.1, -0.05) is 45.0 Å². The summed E-state index contributed by atoms with van der Waals surface area (Å²) in [7, 11) is 0.616. The van der Waals surface area contributed by atoms with Gasteiger partial charge in [0.15, 0.2) is 0 Å². The minimum atomic E-state index is -3.69. The average Bonchev–Trinajstić information content (AvgIpc) is 2.65. The number of hydrogen-bond donors (Lipinski definition) is 1. The van der Waals surface area contributed by atoms with Gasteiger partial charge in [-0.2, -0.15) is 0 Å². The normalized spacial score (nSPS) is 12.1. The van der Waals surface area contributed by atoms with Crippen LogP contribution in [0.15, 0.2) is 47.4 Å². The molecule has 0 aliphatic carbocycles. The van der Waals surface area contributed by atoms with Crippen molar-refractivity contribution in [1.29, 1.82) is 0 Å². The van der Waals surface area contributed by atoms with Gasteiger partial charge in [0.1, 0.15) is 10.6 Å². The van der Waals surface area contributed by atoms with Crippen LogP contribution < -0.4 is 10.1 Å². The number of amides is 1. The molecule has 0 aliphatic heterocycles. The molecule has 2 aromatic carbocycles. The fourth-order valence-corrected chi connectivity index (χ4v) is 3.88. The Hall–Kier alpha value is -2.38. The molecule has 1 amide bonds. The van der Waals surface area contributed by atoms with Gasteiger partial charge in [-0.05, 0) is 41.2 Å². The van der Waals surface area contributed by atoms with E-state index in [1.54, 1.807) is 6.07 Å². The van der Waals surface area contributed by atoms with Crippen molar-refractivity contribution in [2.45, 2.75) is 43.9 Å². The molecule has 6 nitrogen and oxygen atoms in total. The third-order valence-corrected chi connectivity index (χ3v) is 6.50. The fourth-order valence-electron chi connectivity index (χ4n) is 2.81. The molecule has 0 atom stereocenters. The Labute approximate surface area is 173 Å². The van der Waals surface area contributed by atoms with Crippen molar-refractivity contribution in [3.63, 3.8) is 0 Å². The van der Waals surface area contributed by atoms with Crippen LogP contribution in [-0.2, 0) is 26.7 Å². The lowest BCUT2D eigenvalue weighted by atomic mass is 9.86. The number of hydrogen-bond acceptors (Lipinski definition) is 4. The summed E-state index contributed by atoms with van der Waals surface area (Å²) in [5, 5.41) is 2.77. The van der Waals surface area contributed by atoms with Crippen LogP contribution in [0.3, 0.4) is 0 Å². The predicted molar refractivity (Wildman–Crippen MR) is 116 cm³/mol. The van der Waals surface area contributed by atoms with Crippen LogP contribution >= 0.6 is 0 Å². The fraction of sp³-hybridized carbons (Fsp3) is 0.409. The molecule has 158 valence electrons. The maximum Gasteiger partial charge on any atom is 0.246 e. The summed E-state index contributed by atoms with van der Waals surface area (Å²) in [6.45, 7) is 6.49. The summed E-state index contributed by atoms with van der Waals surface area (Å²) in [5.41, 5.74) is 2.84. The van der Waals surface area contributed by atoms with Crippen LogP contribution in [0.1, 0.15) is 38.3 Å². The van der Waals surface area contributed by atoms with E-state index in [0.29, 0.717) is 18.5 Å². The Kier molecular flexibility index (Phi) is 7.08. The van der Waals surface area contributed by atoms with E-state index >= 15 is 0 Å². The summed E-state index contributed by atoms with van der Waals surface area (Å²) < 4.78 is 31.3. The molecule has 0 fully saturated rings. The topological polar surface area (TPSA) is 75.7 Å². The number of carbonyl (C=O) groups excluding carboxylic acids is 1. The van der Waals surface area contributed by atoms with E-state index in [1.165, 1.54) is 38.9 Å². The van der Waals surface area contributed by atoms with E-state index in [9.17, 15) is 13.2 Å². The molecule has 0 heterocycles. The molecule has 1 N–H and O–H groups in total. The predicted octanol–water partition coefficient (Wildman–Crippen LogP) is 3.81. The highest BCUT2D eigenvalue weighted by Crippen LogP contribution is 2.29. The van der Waals surface area contributed by atoms with E-state index < -0.39 is 10.0 Å². The Bertz CT molecular complexity index is 959. The van der Waals surface area contributed by atoms with Gasteiger partial charge in [0.2, 0.25) is 15.9 Å². The third kappa shape index (κ3) is 5.81. The average molecular weight is 419 g/mol. The number of sulfonamides is 1. The molecule has 0 spiro atoms. The minimum Gasteiger partial charge on any atom is -0.495 e. The second-order valence-corrected chi connectivity index (χ2v) is 10.3. The molecule has 7 heteroatoms. The molecule has 2 aromatic rings. The second-order valence-electron chi connectivity index (χ2n) is 8.15. The molecule has 0 radical (unpaired) electrons. The third-order valence-electron chi connectivity index (χ3n) is 4.67. The van der Waals surface area contributed by atoms with Crippen molar-refractivity contribution >= 4 is 21.6 Å². The number of nitrogens with zero attached hydrogens (tertiary/aromatic N) is 1. The van der Waals surface area contributed by atoms with Gasteiger partial charge in [-0.15, -0.1) is 0 Å². The number of aryl methyl sites for hydroxylation is 1.